The van der Waals surface area contributed by atoms with Crippen LogP contribution in [-0.4, -0.2) is 22.2 Å². The lowest BCUT2D eigenvalue weighted by molar-refractivity contribution is -0.274. The quantitative estimate of drug-likeness (QED) is 0.477. The number of alkyl halides is 3. The number of benzene rings is 2. The minimum absolute atomic E-state index is 0.330. The molecule has 1 amide bonds. The first-order valence-corrected chi connectivity index (χ1v) is 9.18. The Hall–Kier alpha value is -3.46. The molecule has 1 N–H and O–H groups in total. The zero-order chi connectivity index (χ0) is 20.4. The van der Waals surface area contributed by atoms with Crippen molar-refractivity contribution in [1.82, 2.24) is 9.97 Å². The number of halogens is 3. The van der Waals surface area contributed by atoms with E-state index in [2.05, 4.69) is 20.0 Å². The number of hydrogen-bond donors (Lipinski definition) is 1. The fourth-order valence-electron chi connectivity index (χ4n) is 2.72. The van der Waals surface area contributed by atoms with E-state index in [0.29, 0.717) is 27.3 Å². The molecule has 2 aromatic heterocycles. The van der Waals surface area contributed by atoms with Gasteiger partial charge in [0.15, 0.2) is 0 Å². The Balaban J connectivity index is 1.68. The smallest absolute Gasteiger partial charge is 0.406 e. The first-order valence-electron chi connectivity index (χ1n) is 8.36. The van der Waals surface area contributed by atoms with Crippen molar-refractivity contribution in [3.05, 3.63) is 72.6 Å². The zero-order valence-corrected chi connectivity index (χ0v) is 15.4. The van der Waals surface area contributed by atoms with Crippen molar-refractivity contribution in [3.8, 4) is 16.3 Å². The van der Waals surface area contributed by atoms with E-state index in [-0.39, 0.29) is 11.7 Å². The fourth-order valence-corrected chi connectivity index (χ4v) is 3.71. The first kappa shape index (κ1) is 18.9. The maximum absolute atomic E-state index is 12.7. The molecular formula is C20H12F3N3O2S. The van der Waals surface area contributed by atoms with E-state index in [9.17, 15) is 18.0 Å². The Morgan fingerprint density at radius 2 is 1.90 bits per heavy atom. The third-order valence-electron chi connectivity index (χ3n) is 3.90. The van der Waals surface area contributed by atoms with Crippen LogP contribution < -0.4 is 10.1 Å². The summed E-state index contributed by atoms with van der Waals surface area (Å²) in [4.78, 5) is 21.1. The van der Waals surface area contributed by atoms with Crippen LogP contribution in [-0.2, 0) is 0 Å². The molecule has 5 nitrogen and oxygen atoms in total. The van der Waals surface area contributed by atoms with Gasteiger partial charge in [-0.2, -0.15) is 0 Å². The molecule has 0 aliphatic rings. The third-order valence-corrected chi connectivity index (χ3v) is 4.97. The molecule has 0 spiro atoms. The monoisotopic (exact) mass is 415 g/mol. The molecular weight excluding hydrogens is 403 g/mol. The van der Waals surface area contributed by atoms with Crippen molar-refractivity contribution < 1.29 is 22.7 Å². The van der Waals surface area contributed by atoms with Gasteiger partial charge in [0.1, 0.15) is 10.8 Å². The van der Waals surface area contributed by atoms with Gasteiger partial charge >= 0.3 is 6.36 Å². The van der Waals surface area contributed by atoms with Crippen molar-refractivity contribution in [2.75, 3.05) is 5.32 Å². The zero-order valence-electron chi connectivity index (χ0n) is 14.6. The number of fused-ring (bicyclic) bond motifs is 1. The van der Waals surface area contributed by atoms with Crippen LogP contribution in [0.4, 0.5) is 18.9 Å². The van der Waals surface area contributed by atoms with Gasteiger partial charge in [0.05, 0.1) is 27.7 Å². The summed E-state index contributed by atoms with van der Waals surface area (Å²) in [6, 6.07) is 14.2. The predicted octanol–water partition coefficient (Wildman–Crippen LogP) is 5.51. The number of aromatic nitrogens is 2. The Labute approximate surface area is 166 Å². The summed E-state index contributed by atoms with van der Waals surface area (Å²) >= 11 is 1.27. The predicted molar refractivity (Wildman–Crippen MR) is 104 cm³/mol. The van der Waals surface area contributed by atoms with E-state index < -0.39 is 6.36 Å². The summed E-state index contributed by atoms with van der Waals surface area (Å²) in [5.74, 6) is -0.682. The molecule has 2 aromatic carbocycles. The van der Waals surface area contributed by atoms with Gasteiger partial charge < -0.3 is 10.1 Å². The van der Waals surface area contributed by atoms with Gasteiger partial charge in [0, 0.05) is 11.8 Å². The van der Waals surface area contributed by atoms with Crippen molar-refractivity contribution >= 4 is 33.1 Å². The average molecular weight is 415 g/mol. The summed E-state index contributed by atoms with van der Waals surface area (Å²) in [7, 11) is 0. The largest absolute Gasteiger partial charge is 0.573 e. The van der Waals surface area contributed by atoms with Gasteiger partial charge in [-0.15, -0.1) is 24.5 Å². The lowest BCUT2D eigenvalue weighted by Gasteiger charge is -2.09. The molecule has 0 saturated heterocycles. The van der Waals surface area contributed by atoms with Crippen molar-refractivity contribution in [3.63, 3.8) is 0 Å². The second-order valence-corrected chi connectivity index (χ2v) is 6.97. The standard InChI is InChI=1S/C20H12F3N3O2S/c21-20(22,23)28-14-6-1-4-12(10-14)19-26-17-15(7-2-8-16(17)29-19)18(27)25-13-5-3-9-24-11-13/h1-11H,(H,25,27). The highest BCUT2D eigenvalue weighted by Gasteiger charge is 2.31. The number of thiazole rings is 1. The van der Waals surface area contributed by atoms with E-state index in [4.69, 9.17) is 0 Å². The molecule has 0 aliphatic carbocycles. The topological polar surface area (TPSA) is 64.1 Å². The van der Waals surface area contributed by atoms with Crippen LogP contribution in [0.1, 0.15) is 10.4 Å². The van der Waals surface area contributed by atoms with Crippen LogP contribution >= 0.6 is 11.3 Å². The number of ether oxygens (including phenoxy) is 1. The highest BCUT2D eigenvalue weighted by Crippen LogP contribution is 2.34. The molecule has 0 atom stereocenters. The number of hydrogen-bond acceptors (Lipinski definition) is 5. The van der Waals surface area contributed by atoms with E-state index >= 15 is 0 Å². The lowest BCUT2D eigenvalue weighted by atomic mass is 10.1. The molecule has 0 saturated carbocycles. The van der Waals surface area contributed by atoms with Crippen molar-refractivity contribution in [2.45, 2.75) is 6.36 Å². The number of amides is 1. The summed E-state index contributed by atoms with van der Waals surface area (Å²) in [6.07, 6.45) is -1.65. The Morgan fingerprint density at radius 1 is 1.07 bits per heavy atom. The molecule has 146 valence electrons. The number of rotatable bonds is 4. The fraction of sp³-hybridized carbons (Fsp3) is 0.0500. The van der Waals surface area contributed by atoms with Gasteiger partial charge in [0.25, 0.3) is 5.91 Å². The first-order chi connectivity index (χ1) is 13.9. The minimum atomic E-state index is -4.77. The normalized spacial score (nSPS) is 11.4. The molecule has 4 rings (SSSR count). The van der Waals surface area contributed by atoms with Crippen LogP contribution in [0.2, 0.25) is 0 Å². The molecule has 0 radical (unpaired) electrons. The Kier molecular flexibility index (Phi) is 4.89. The van der Waals surface area contributed by atoms with Crippen LogP contribution in [0, 0.1) is 0 Å². The summed E-state index contributed by atoms with van der Waals surface area (Å²) in [6.45, 7) is 0. The van der Waals surface area contributed by atoms with Crippen LogP contribution in [0.5, 0.6) is 5.75 Å². The van der Waals surface area contributed by atoms with Crippen molar-refractivity contribution in [1.29, 1.82) is 0 Å². The summed E-state index contributed by atoms with van der Waals surface area (Å²) in [5, 5.41) is 3.23. The van der Waals surface area contributed by atoms with Crippen molar-refractivity contribution in [2.24, 2.45) is 0 Å². The average Bonchev–Trinajstić information content (AvgIpc) is 3.12. The second-order valence-electron chi connectivity index (χ2n) is 5.94. The number of nitrogens with zero attached hydrogens (tertiary/aromatic N) is 2. The molecule has 2 heterocycles. The third kappa shape index (κ3) is 4.35. The SMILES string of the molecule is O=C(Nc1cccnc1)c1cccc2sc(-c3cccc(OC(F)(F)F)c3)nc12. The highest BCUT2D eigenvalue weighted by atomic mass is 32.1. The van der Waals surface area contributed by atoms with Crippen LogP contribution in [0.25, 0.3) is 20.8 Å². The maximum atomic E-state index is 12.7. The van der Waals surface area contributed by atoms with E-state index in [1.54, 1.807) is 42.6 Å². The molecule has 4 aromatic rings. The Morgan fingerprint density at radius 3 is 2.66 bits per heavy atom. The number of carbonyl (C=O) groups is 1. The highest BCUT2D eigenvalue weighted by molar-refractivity contribution is 7.21. The van der Waals surface area contributed by atoms with Gasteiger partial charge in [-0.1, -0.05) is 18.2 Å². The summed E-state index contributed by atoms with van der Waals surface area (Å²) < 4.78 is 42.1. The molecule has 0 bridgehead atoms. The number of carbonyl (C=O) groups excluding carboxylic acids is 1. The Bertz CT molecular complexity index is 1180. The number of para-hydroxylation sites is 1. The number of pyridine rings is 1. The molecule has 29 heavy (non-hydrogen) atoms. The van der Waals surface area contributed by atoms with E-state index in [1.165, 1.54) is 35.7 Å². The van der Waals surface area contributed by atoms with Gasteiger partial charge in [-0.05, 0) is 36.4 Å². The molecule has 0 unspecified atom stereocenters. The molecule has 0 fully saturated rings. The molecule has 0 aliphatic heterocycles. The number of nitrogens with one attached hydrogen (secondary N) is 1. The van der Waals surface area contributed by atoms with E-state index in [1.807, 2.05) is 0 Å². The number of anilines is 1. The van der Waals surface area contributed by atoms with Crippen LogP contribution in [0.15, 0.2) is 67.0 Å². The van der Waals surface area contributed by atoms with Gasteiger partial charge in [-0.3, -0.25) is 9.78 Å². The maximum Gasteiger partial charge on any atom is 0.573 e. The minimum Gasteiger partial charge on any atom is -0.406 e. The van der Waals surface area contributed by atoms with Gasteiger partial charge in [0.2, 0.25) is 0 Å². The lowest BCUT2D eigenvalue weighted by Crippen LogP contribution is -2.17. The van der Waals surface area contributed by atoms with E-state index in [0.717, 1.165) is 4.70 Å². The summed E-state index contributed by atoms with van der Waals surface area (Å²) in [5.41, 5.74) is 1.83. The van der Waals surface area contributed by atoms with Crippen LogP contribution in [0.3, 0.4) is 0 Å². The second kappa shape index (κ2) is 7.51. The van der Waals surface area contributed by atoms with Gasteiger partial charge in [-0.25, -0.2) is 4.98 Å². The molecule has 9 heteroatoms.